The average molecular weight is 450 g/mol. The first-order valence-corrected chi connectivity index (χ1v) is 11.7. The van der Waals surface area contributed by atoms with Gasteiger partial charge >= 0.3 is 5.84 Å². The molecule has 0 fully saturated rings. The number of fused-ring (bicyclic) bond motifs is 8. The van der Waals surface area contributed by atoms with Gasteiger partial charge in [-0.15, -0.1) is 0 Å². The third-order valence-corrected chi connectivity index (χ3v) is 6.95. The monoisotopic (exact) mass is 449 g/mol. The Kier molecular flexibility index (Phi) is 3.63. The van der Waals surface area contributed by atoms with Gasteiger partial charge in [-0.25, -0.2) is 0 Å². The molecule has 0 aliphatic heterocycles. The summed E-state index contributed by atoms with van der Waals surface area (Å²) in [6, 6.07) is 40.5. The van der Waals surface area contributed by atoms with E-state index in [9.17, 15) is 0 Å². The highest BCUT2D eigenvalue weighted by Gasteiger charge is 2.15. The molecule has 0 bridgehead atoms. The first-order valence-electron chi connectivity index (χ1n) is 11.7. The van der Waals surface area contributed by atoms with Crippen LogP contribution in [0.1, 0.15) is 0 Å². The van der Waals surface area contributed by atoms with Crippen LogP contribution in [0.15, 0.2) is 120 Å². The highest BCUT2D eigenvalue weighted by molar-refractivity contribution is 6.10. The lowest BCUT2D eigenvalue weighted by Gasteiger charge is -2.08. The standard InChI is InChI=1S/C31H19N3O/c1-2-8-22(9-3-1)33-26-11-5-4-10-23(26)24-18-20(15-17-27(24)33)21-14-16-25-29(19-21)34-28-12-6-7-13-30(28)35-31(34)32-25/h1-19H. The van der Waals surface area contributed by atoms with Crippen molar-refractivity contribution in [3.05, 3.63) is 115 Å². The van der Waals surface area contributed by atoms with Gasteiger partial charge in [-0.3, -0.25) is 4.40 Å². The average Bonchev–Trinajstić information content (AvgIpc) is 3.56. The van der Waals surface area contributed by atoms with Crippen LogP contribution in [-0.2, 0) is 0 Å². The number of para-hydroxylation sites is 4. The number of hydrogen-bond donors (Lipinski definition) is 0. The highest BCUT2D eigenvalue weighted by atomic mass is 16.4. The molecule has 8 rings (SSSR count). The lowest BCUT2D eigenvalue weighted by molar-refractivity contribution is 0.643. The molecule has 3 aromatic heterocycles. The van der Waals surface area contributed by atoms with E-state index >= 15 is 0 Å². The van der Waals surface area contributed by atoms with Crippen LogP contribution < -0.4 is 0 Å². The summed E-state index contributed by atoms with van der Waals surface area (Å²) in [7, 11) is 0. The predicted octanol–water partition coefficient (Wildman–Crippen LogP) is 8.00. The molecule has 3 heterocycles. The number of nitrogens with zero attached hydrogens (tertiary/aromatic N) is 3. The Balaban J connectivity index is 1.38. The van der Waals surface area contributed by atoms with Crippen LogP contribution in [0.4, 0.5) is 0 Å². The van der Waals surface area contributed by atoms with Crippen molar-refractivity contribution in [2.45, 2.75) is 0 Å². The Morgan fingerprint density at radius 3 is 2.17 bits per heavy atom. The maximum atomic E-state index is 5.98. The third kappa shape index (κ3) is 2.59. The minimum atomic E-state index is 0.625. The van der Waals surface area contributed by atoms with Crippen molar-refractivity contribution < 1.29 is 4.42 Å². The van der Waals surface area contributed by atoms with E-state index in [1.165, 1.54) is 33.1 Å². The molecule has 0 aliphatic carbocycles. The number of rotatable bonds is 2. The van der Waals surface area contributed by atoms with Crippen LogP contribution in [0.3, 0.4) is 0 Å². The number of imidazole rings is 1. The maximum absolute atomic E-state index is 5.98. The van der Waals surface area contributed by atoms with Crippen molar-refractivity contribution in [1.29, 1.82) is 0 Å². The van der Waals surface area contributed by atoms with Crippen LogP contribution >= 0.6 is 0 Å². The van der Waals surface area contributed by atoms with E-state index in [2.05, 4.69) is 106 Å². The van der Waals surface area contributed by atoms with Gasteiger partial charge in [-0.05, 0) is 65.7 Å². The lowest BCUT2D eigenvalue weighted by Crippen LogP contribution is -1.92. The van der Waals surface area contributed by atoms with Crippen LogP contribution in [0.25, 0.3) is 66.6 Å². The van der Waals surface area contributed by atoms with E-state index < -0.39 is 0 Å². The molecule has 4 nitrogen and oxygen atoms in total. The largest absolute Gasteiger partial charge is 0.423 e. The normalized spacial score (nSPS) is 12.0. The predicted molar refractivity (Wildman–Crippen MR) is 142 cm³/mol. The number of benzene rings is 5. The molecule has 0 spiro atoms. The first-order chi connectivity index (χ1) is 17.3. The fraction of sp³-hybridized carbons (Fsp3) is 0. The van der Waals surface area contributed by atoms with Crippen molar-refractivity contribution in [2.75, 3.05) is 0 Å². The van der Waals surface area contributed by atoms with Crippen molar-refractivity contribution in [3.8, 4) is 16.8 Å². The molecule has 0 saturated carbocycles. The zero-order chi connectivity index (χ0) is 22.9. The molecule has 0 amide bonds. The second-order valence-electron chi connectivity index (χ2n) is 8.92. The van der Waals surface area contributed by atoms with Gasteiger partial charge in [0.1, 0.15) is 0 Å². The number of aromatic nitrogens is 3. The van der Waals surface area contributed by atoms with Gasteiger partial charge in [0.05, 0.1) is 27.6 Å². The minimum Gasteiger partial charge on any atom is -0.423 e. The van der Waals surface area contributed by atoms with Crippen LogP contribution in [0.2, 0.25) is 0 Å². The smallest absolute Gasteiger partial charge is 0.307 e. The SMILES string of the molecule is c1ccc(-n2c3ccccc3c3cc(-c4ccc5nc6oc7ccccc7n6c5c4)ccc32)cc1. The van der Waals surface area contributed by atoms with Gasteiger partial charge in [0.25, 0.3) is 0 Å². The number of oxazole rings is 1. The molecule has 4 heteroatoms. The fourth-order valence-corrected chi connectivity index (χ4v) is 5.37. The number of hydrogen-bond acceptors (Lipinski definition) is 2. The second-order valence-corrected chi connectivity index (χ2v) is 8.92. The summed E-state index contributed by atoms with van der Waals surface area (Å²) in [5.41, 5.74) is 9.77. The van der Waals surface area contributed by atoms with Crippen molar-refractivity contribution in [1.82, 2.24) is 14.0 Å². The Morgan fingerprint density at radius 2 is 1.26 bits per heavy atom. The Morgan fingerprint density at radius 1 is 0.543 bits per heavy atom. The fourth-order valence-electron chi connectivity index (χ4n) is 5.37. The molecular weight excluding hydrogens is 430 g/mol. The molecule has 8 aromatic rings. The molecule has 5 aromatic carbocycles. The molecule has 0 saturated heterocycles. The highest BCUT2D eigenvalue weighted by Crippen LogP contribution is 2.36. The van der Waals surface area contributed by atoms with E-state index in [0.717, 1.165) is 27.7 Å². The van der Waals surface area contributed by atoms with Gasteiger partial charge in [-0.2, -0.15) is 4.98 Å². The molecule has 0 radical (unpaired) electrons. The van der Waals surface area contributed by atoms with Gasteiger partial charge < -0.3 is 8.98 Å². The van der Waals surface area contributed by atoms with Gasteiger partial charge in [-0.1, -0.05) is 60.7 Å². The van der Waals surface area contributed by atoms with E-state index in [1.54, 1.807) is 0 Å². The summed E-state index contributed by atoms with van der Waals surface area (Å²) >= 11 is 0. The molecule has 164 valence electrons. The van der Waals surface area contributed by atoms with Crippen LogP contribution in [0.5, 0.6) is 0 Å². The Bertz CT molecular complexity index is 2060. The summed E-state index contributed by atoms with van der Waals surface area (Å²) in [5.74, 6) is 0.625. The van der Waals surface area contributed by atoms with E-state index in [-0.39, 0.29) is 0 Å². The maximum Gasteiger partial charge on any atom is 0.307 e. The lowest BCUT2D eigenvalue weighted by atomic mass is 10.0. The summed E-state index contributed by atoms with van der Waals surface area (Å²) in [4.78, 5) is 4.71. The Labute approximate surface area is 200 Å². The van der Waals surface area contributed by atoms with Crippen molar-refractivity contribution >= 4 is 49.8 Å². The summed E-state index contributed by atoms with van der Waals surface area (Å²) < 4.78 is 10.4. The molecule has 0 atom stereocenters. The van der Waals surface area contributed by atoms with Gasteiger partial charge in [0.2, 0.25) is 0 Å². The van der Waals surface area contributed by atoms with E-state index in [0.29, 0.717) is 5.84 Å². The van der Waals surface area contributed by atoms with Gasteiger partial charge in [0, 0.05) is 16.5 Å². The zero-order valence-electron chi connectivity index (χ0n) is 18.7. The van der Waals surface area contributed by atoms with Crippen LogP contribution in [0, 0.1) is 0 Å². The molecule has 35 heavy (non-hydrogen) atoms. The van der Waals surface area contributed by atoms with E-state index in [1.807, 2.05) is 18.2 Å². The van der Waals surface area contributed by atoms with E-state index in [4.69, 9.17) is 9.40 Å². The topological polar surface area (TPSA) is 35.4 Å². The summed E-state index contributed by atoms with van der Waals surface area (Å²) in [6.07, 6.45) is 0. The summed E-state index contributed by atoms with van der Waals surface area (Å²) in [5, 5.41) is 2.50. The molecular formula is C31H19N3O. The van der Waals surface area contributed by atoms with Crippen LogP contribution in [-0.4, -0.2) is 14.0 Å². The minimum absolute atomic E-state index is 0.625. The quantitative estimate of drug-likeness (QED) is 0.268. The molecule has 0 aliphatic rings. The molecule has 0 N–H and O–H groups in total. The Hall–Kier alpha value is -4.83. The molecule has 0 unspecified atom stereocenters. The van der Waals surface area contributed by atoms with Crippen molar-refractivity contribution in [2.24, 2.45) is 0 Å². The first kappa shape index (κ1) is 18.6. The van der Waals surface area contributed by atoms with Gasteiger partial charge in [0.15, 0.2) is 5.58 Å². The summed E-state index contributed by atoms with van der Waals surface area (Å²) in [6.45, 7) is 0. The second kappa shape index (κ2) is 6.84. The third-order valence-electron chi connectivity index (χ3n) is 6.95. The zero-order valence-corrected chi connectivity index (χ0v) is 18.7. The van der Waals surface area contributed by atoms with Crippen molar-refractivity contribution in [3.63, 3.8) is 0 Å².